The number of aliphatic hydroxyl groups is 2. The predicted octanol–water partition coefficient (Wildman–Crippen LogP) is -2.10. The van der Waals surface area contributed by atoms with Crippen molar-refractivity contribution in [2.24, 2.45) is 5.92 Å². The Balaban J connectivity index is 0.000000376. The van der Waals surface area contributed by atoms with E-state index in [1.807, 2.05) is 13.8 Å². The van der Waals surface area contributed by atoms with Gasteiger partial charge in [0.25, 0.3) is 0 Å². The van der Waals surface area contributed by atoms with Gasteiger partial charge in [-0.2, -0.15) is 0 Å². The minimum absolute atomic E-state index is 0.146. The zero-order valence-electron chi connectivity index (χ0n) is 15.8. The van der Waals surface area contributed by atoms with Crippen molar-refractivity contribution in [2.75, 3.05) is 20.1 Å². The van der Waals surface area contributed by atoms with E-state index in [2.05, 4.69) is 16.0 Å². The van der Waals surface area contributed by atoms with E-state index in [4.69, 9.17) is 25.5 Å². The number of aliphatic carboxylic acids is 3. The first-order valence-corrected chi connectivity index (χ1v) is 8.69. The quantitative estimate of drug-likeness (QED) is 0.255. The fraction of sp³-hybridized carbons (Fsp3) is 0.812. The molecule has 0 aromatic rings. The van der Waals surface area contributed by atoms with Gasteiger partial charge < -0.3 is 41.5 Å². The number of hydrogen-bond donors (Lipinski definition) is 8. The van der Waals surface area contributed by atoms with Crippen molar-refractivity contribution in [3.63, 3.8) is 0 Å². The second-order valence-electron chi connectivity index (χ2n) is 6.66. The Bertz CT molecular complexity index is 476. The second kappa shape index (κ2) is 12.6. The van der Waals surface area contributed by atoms with Crippen molar-refractivity contribution < 1.29 is 39.9 Å². The van der Waals surface area contributed by atoms with E-state index in [0.717, 1.165) is 0 Å². The minimum atomic E-state index is -0.972. The van der Waals surface area contributed by atoms with Gasteiger partial charge in [0, 0.05) is 13.0 Å². The minimum Gasteiger partial charge on any atom is -0.480 e. The monoisotopic (exact) mass is 393 g/mol. The van der Waals surface area contributed by atoms with Crippen LogP contribution in [0.4, 0.5) is 0 Å². The molecule has 0 saturated carbocycles. The van der Waals surface area contributed by atoms with Gasteiger partial charge in [0.05, 0.1) is 12.2 Å². The Morgan fingerprint density at radius 1 is 1.04 bits per heavy atom. The summed E-state index contributed by atoms with van der Waals surface area (Å²) < 4.78 is 0. The number of carboxylic acids is 3. The molecule has 0 radical (unpaired) electrons. The highest BCUT2D eigenvalue weighted by Crippen LogP contribution is 2.06. The van der Waals surface area contributed by atoms with E-state index in [1.165, 1.54) is 0 Å². The standard InChI is InChI=1S/C6H13NO2.2C5H9NO3/c1-4(2)5(7-3)6(8)9;7-3-1-4(5(8)9)6-2-3;7-3-1-2-6-4(3)5(8)9/h4-5,7H,1-3H3,(H,8,9);2*3-4,6-7H,1-2H2,(H,8,9)/t5-;2*3?,4-/m000/s1. The smallest absolute Gasteiger partial charge is 0.323 e. The lowest BCUT2D eigenvalue weighted by atomic mass is 10.1. The summed E-state index contributed by atoms with van der Waals surface area (Å²) in [5.41, 5.74) is 0. The molecule has 2 saturated heterocycles. The lowest BCUT2D eigenvalue weighted by Crippen LogP contribution is -2.38. The van der Waals surface area contributed by atoms with Crippen LogP contribution < -0.4 is 16.0 Å². The Kier molecular flexibility index (Phi) is 11.7. The van der Waals surface area contributed by atoms with Gasteiger partial charge in [-0.1, -0.05) is 13.8 Å². The SMILES string of the molecule is CN[C@H](C(=O)O)C(C)C.O=C(O)[C@@H]1CC(O)CN1.O=C(O)[C@H]1NCCC1O. The predicted molar refractivity (Wildman–Crippen MR) is 95.4 cm³/mol. The highest BCUT2D eigenvalue weighted by atomic mass is 16.4. The Morgan fingerprint density at radius 2 is 1.63 bits per heavy atom. The van der Waals surface area contributed by atoms with Crippen LogP contribution >= 0.6 is 0 Å². The first kappa shape index (κ1) is 25.2. The number of carboxylic acid groups (broad SMARTS) is 3. The third-order valence-corrected chi connectivity index (χ3v) is 4.10. The van der Waals surface area contributed by atoms with Gasteiger partial charge in [0.1, 0.15) is 18.1 Å². The average Bonchev–Trinajstić information content (AvgIpc) is 3.17. The Morgan fingerprint density at radius 3 is 1.78 bits per heavy atom. The van der Waals surface area contributed by atoms with E-state index in [-0.39, 0.29) is 5.92 Å². The van der Waals surface area contributed by atoms with Gasteiger partial charge >= 0.3 is 17.9 Å². The largest absolute Gasteiger partial charge is 0.480 e. The average molecular weight is 393 g/mol. The summed E-state index contributed by atoms with van der Waals surface area (Å²) in [7, 11) is 1.65. The number of β-amino-alcohol motifs (C(OH)–C–C–N with tert-alkyl or cyclic N) is 1. The third kappa shape index (κ3) is 9.63. The zero-order valence-corrected chi connectivity index (χ0v) is 15.8. The molecule has 0 spiro atoms. The Hall–Kier alpha value is -1.79. The van der Waals surface area contributed by atoms with Crippen LogP contribution in [0.5, 0.6) is 0 Å². The molecule has 2 rings (SSSR count). The molecule has 8 N–H and O–H groups in total. The number of carbonyl (C=O) groups is 3. The molecule has 2 aliphatic rings. The van der Waals surface area contributed by atoms with Gasteiger partial charge in [0.2, 0.25) is 0 Å². The van der Waals surface area contributed by atoms with E-state index < -0.39 is 48.2 Å². The molecule has 0 amide bonds. The summed E-state index contributed by atoms with van der Waals surface area (Å²) in [6.07, 6.45) is -0.319. The van der Waals surface area contributed by atoms with E-state index in [9.17, 15) is 14.4 Å². The maximum atomic E-state index is 10.3. The summed E-state index contributed by atoms with van der Waals surface area (Å²) in [4.78, 5) is 30.7. The molecule has 2 fully saturated rings. The molecule has 5 atom stereocenters. The number of nitrogens with one attached hydrogen (secondary N) is 3. The molecule has 2 aliphatic heterocycles. The molecular weight excluding hydrogens is 362 g/mol. The van der Waals surface area contributed by atoms with E-state index in [1.54, 1.807) is 7.05 Å². The van der Waals surface area contributed by atoms with Crippen LogP contribution in [-0.4, -0.2) is 93.9 Å². The molecule has 2 unspecified atom stereocenters. The summed E-state index contributed by atoms with van der Waals surface area (Å²) in [5.74, 6) is -2.49. The molecule has 158 valence electrons. The van der Waals surface area contributed by atoms with Crippen molar-refractivity contribution in [1.29, 1.82) is 0 Å². The summed E-state index contributed by atoms with van der Waals surface area (Å²) in [5, 5.41) is 51.0. The fourth-order valence-electron chi connectivity index (χ4n) is 2.59. The number of hydrogen-bond acceptors (Lipinski definition) is 8. The molecule has 27 heavy (non-hydrogen) atoms. The molecule has 11 nitrogen and oxygen atoms in total. The molecule has 0 aromatic carbocycles. The van der Waals surface area contributed by atoms with Crippen LogP contribution in [-0.2, 0) is 14.4 Å². The molecule has 0 aliphatic carbocycles. The highest BCUT2D eigenvalue weighted by molar-refractivity contribution is 5.75. The van der Waals surface area contributed by atoms with Crippen molar-refractivity contribution >= 4 is 17.9 Å². The summed E-state index contributed by atoms with van der Waals surface area (Å²) >= 11 is 0. The van der Waals surface area contributed by atoms with Crippen LogP contribution in [0.2, 0.25) is 0 Å². The molecular formula is C16H31N3O8. The summed E-state index contributed by atoms with van der Waals surface area (Å²) in [6.45, 7) is 4.74. The second-order valence-corrected chi connectivity index (χ2v) is 6.66. The van der Waals surface area contributed by atoms with Crippen LogP contribution in [0.3, 0.4) is 0 Å². The molecule has 2 heterocycles. The fourth-order valence-corrected chi connectivity index (χ4v) is 2.59. The first-order valence-electron chi connectivity index (χ1n) is 8.69. The topological polar surface area (TPSA) is 188 Å². The number of likely N-dealkylation sites (N-methyl/N-ethyl adjacent to an activating group) is 1. The molecule has 0 aromatic heterocycles. The normalized spacial score (nSPS) is 27.8. The van der Waals surface area contributed by atoms with Crippen LogP contribution in [0, 0.1) is 5.92 Å². The molecule has 11 heteroatoms. The van der Waals surface area contributed by atoms with Crippen molar-refractivity contribution in [2.45, 2.75) is 57.0 Å². The van der Waals surface area contributed by atoms with Crippen LogP contribution in [0.1, 0.15) is 26.7 Å². The van der Waals surface area contributed by atoms with Gasteiger partial charge in [-0.25, -0.2) is 0 Å². The number of rotatable bonds is 5. The zero-order chi connectivity index (χ0) is 21.1. The van der Waals surface area contributed by atoms with Crippen molar-refractivity contribution in [1.82, 2.24) is 16.0 Å². The maximum Gasteiger partial charge on any atom is 0.323 e. The first-order chi connectivity index (χ1) is 12.5. The lowest BCUT2D eigenvalue weighted by molar-refractivity contribution is -0.142. The summed E-state index contributed by atoms with van der Waals surface area (Å²) in [6, 6.07) is -1.70. The van der Waals surface area contributed by atoms with Crippen LogP contribution in [0.25, 0.3) is 0 Å². The lowest BCUT2D eigenvalue weighted by Gasteiger charge is -2.13. The van der Waals surface area contributed by atoms with Gasteiger partial charge in [-0.3, -0.25) is 14.4 Å². The van der Waals surface area contributed by atoms with Crippen molar-refractivity contribution in [3.05, 3.63) is 0 Å². The van der Waals surface area contributed by atoms with E-state index >= 15 is 0 Å². The van der Waals surface area contributed by atoms with Gasteiger partial charge in [0.15, 0.2) is 0 Å². The number of aliphatic hydroxyl groups excluding tert-OH is 2. The van der Waals surface area contributed by atoms with Gasteiger partial charge in [-0.05, 0) is 25.9 Å². The van der Waals surface area contributed by atoms with Gasteiger partial charge in [-0.15, -0.1) is 0 Å². The third-order valence-electron chi connectivity index (χ3n) is 4.10. The molecule has 0 bridgehead atoms. The highest BCUT2D eigenvalue weighted by Gasteiger charge is 2.30. The van der Waals surface area contributed by atoms with Crippen LogP contribution in [0.15, 0.2) is 0 Å². The van der Waals surface area contributed by atoms with E-state index in [0.29, 0.717) is 25.9 Å². The Labute approximate surface area is 157 Å². The van der Waals surface area contributed by atoms with Crippen molar-refractivity contribution in [3.8, 4) is 0 Å². The maximum absolute atomic E-state index is 10.3.